The maximum Gasteiger partial charge on any atom is 0.495 e. The van der Waals surface area contributed by atoms with E-state index in [1.54, 1.807) is 18.2 Å². The molecule has 4 aromatic rings. The van der Waals surface area contributed by atoms with Crippen molar-refractivity contribution in [2.24, 2.45) is 0 Å². The minimum absolute atomic E-state index is 0.0661. The monoisotopic (exact) mass is 678 g/mol. The smallest absolute Gasteiger partial charge is 0.455 e. The van der Waals surface area contributed by atoms with Crippen molar-refractivity contribution >= 4 is 45.2 Å². The average molecular weight is 679 g/mol. The fraction of sp³-hybridized carbons (Fsp3) is 0.400. The van der Waals surface area contributed by atoms with Crippen LogP contribution in [0.2, 0.25) is 0 Å². The van der Waals surface area contributed by atoms with E-state index in [4.69, 9.17) is 23.2 Å². The zero-order valence-electron chi connectivity index (χ0n) is 27.9. The Morgan fingerprint density at radius 2 is 1.71 bits per heavy atom. The lowest BCUT2D eigenvalue weighted by Gasteiger charge is -2.32. The van der Waals surface area contributed by atoms with Crippen LogP contribution in [0.25, 0.3) is 22.3 Å². The molecular weight excluding hydrogens is 638 g/mol. The fourth-order valence-corrected chi connectivity index (χ4v) is 7.07. The molecule has 3 aromatic carbocycles. The third-order valence-electron chi connectivity index (χ3n) is 9.23. The van der Waals surface area contributed by atoms with E-state index < -0.39 is 34.2 Å². The molecule has 2 aliphatic rings. The number of furan rings is 1. The standard InChI is InChI=1S/C35H40BFN2O8S/c1-34(2)35(3,4)47-36(46-34)28-14-7-21(15-24(28)18-44-20-43-6)19-48(41,42)39-29-17-30-27(16-26(29)22-8-9-22)31(33(40)38-5)32(45-30)23-10-12-25(37)13-11-23/h7,10-17,22,39H,8-9,18-20H2,1-6H3,(H,38,40). The maximum absolute atomic E-state index is 13.7. The lowest BCUT2D eigenvalue weighted by molar-refractivity contribution is -0.0389. The number of ether oxygens (including phenoxy) is 2. The van der Waals surface area contributed by atoms with Gasteiger partial charge in [0.05, 0.1) is 34.8 Å². The summed E-state index contributed by atoms with van der Waals surface area (Å²) in [6.45, 7) is 8.12. The molecule has 6 rings (SSSR count). The molecule has 1 aliphatic heterocycles. The third kappa shape index (κ3) is 6.88. The third-order valence-corrected chi connectivity index (χ3v) is 10.5. The van der Waals surface area contributed by atoms with Crippen LogP contribution in [0.4, 0.5) is 10.1 Å². The Labute approximate surface area is 280 Å². The summed E-state index contributed by atoms with van der Waals surface area (Å²) in [7, 11) is -1.51. The summed E-state index contributed by atoms with van der Waals surface area (Å²) < 4.78 is 73.3. The maximum atomic E-state index is 13.7. The Bertz CT molecular complexity index is 1940. The van der Waals surface area contributed by atoms with E-state index in [2.05, 4.69) is 10.0 Å². The van der Waals surface area contributed by atoms with E-state index in [1.807, 2.05) is 39.8 Å². The average Bonchev–Trinajstić information content (AvgIpc) is 3.76. The normalized spacial score (nSPS) is 17.2. The van der Waals surface area contributed by atoms with E-state index in [1.165, 1.54) is 38.4 Å². The van der Waals surface area contributed by atoms with Gasteiger partial charge in [-0.1, -0.05) is 18.2 Å². The van der Waals surface area contributed by atoms with Gasteiger partial charge in [0.25, 0.3) is 5.91 Å². The first-order valence-electron chi connectivity index (χ1n) is 15.8. The number of carbonyl (C=O) groups excluding carboxylic acids is 1. The van der Waals surface area contributed by atoms with Crippen LogP contribution >= 0.6 is 0 Å². The molecule has 0 atom stereocenters. The molecule has 1 saturated carbocycles. The predicted molar refractivity (Wildman–Crippen MR) is 182 cm³/mol. The molecule has 0 unspecified atom stereocenters. The highest BCUT2D eigenvalue weighted by atomic mass is 32.2. The van der Waals surface area contributed by atoms with E-state index in [0.29, 0.717) is 33.3 Å². The molecule has 0 radical (unpaired) electrons. The minimum Gasteiger partial charge on any atom is -0.455 e. The highest BCUT2D eigenvalue weighted by Gasteiger charge is 2.52. The molecule has 2 heterocycles. The number of sulfonamides is 1. The van der Waals surface area contributed by atoms with Gasteiger partial charge in [-0.2, -0.15) is 0 Å². The molecule has 13 heteroatoms. The van der Waals surface area contributed by atoms with Gasteiger partial charge in [0, 0.05) is 31.2 Å². The van der Waals surface area contributed by atoms with Crippen LogP contribution in [0.15, 0.2) is 59.0 Å². The highest BCUT2D eigenvalue weighted by Crippen LogP contribution is 2.47. The summed E-state index contributed by atoms with van der Waals surface area (Å²) in [5.41, 5.74) is 3.26. The summed E-state index contributed by atoms with van der Waals surface area (Å²) in [5, 5.41) is 3.21. The van der Waals surface area contributed by atoms with E-state index in [0.717, 1.165) is 29.4 Å². The molecule has 10 nitrogen and oxygen atoms in total. The number of carbonyl (C=O) groups is 1. The molecule has 2 fully saturated rings. The van der Waals surface area contributed by atoms with Crippen LogP contribution in [-0.2, 0) is 41.2 Å². The number of fused-ring (bicyclic) bond motifs is 1. The Kier molecular flexibility index (Phi) is 9.20. The van der Waals surface area contributed by atoms with Crippen LogP contribution in [0, 0.1) is 5.82 Å². The zero-order chi connectivity index (χ0) is 34.4. The number of hydrogen-bond acceptors (Lipinski definition) is 8. The minimum atomic E-state index is -3.92. The van der Waals surface area contributed by atoms with Gasteiger partial charge in [-0.05, 0) is 98.9 Å². The number of halogens is 1. The molecular formula is C35H40BFN2O8S. The van der Waals surface area contributed by atoms with E-state index in [-0.39, 0.29) is 36.7 Å². The summed E-state index contributed by atoms with van der Waals surface area (Å²) in [5.74, 6) is -0.675. The van der Waals surface area contributed by atoms with Gasteiger partial charge >= 0.3 is 7.12 Å². The predicted octanol–water partition coefficient (Wildman–Crippen LogP) is 5.84. The molecule has 1 aromatic heterocycles. The van der Waals surface area contributed by atoms with Gasteiger partial charge in [0.1, 0.15) is 24.0 Å². The van der Waals surface area contributed by atoms with Crippen molar-refractivity contribution in [3.8, 4) is 11.3 Å². The number of benzene rings is 3. The molecule has 0 spiro atoms. The topological polar surface area (TPSA) is 125 Å². The Morgan fingerprint density at radius 3 is 2.33 bits per heavy atom. The van der Waals surface area contributed by atoms with Crippen LogP contribution in [0.3, 0.4) is 0 Å². The van der Waals surface area contributed by atoms with Crippen LogP contribution in [0.1, 0.15) is 73.5 Å². The summed E-state index contributed by atoms with van der Waals surface area (Å²) in [4.78, 5) is 13.1. The van der Waals surface area contributed by atoms with Crippen LogP contribution in [0.5, 0.6) is 0 Å². The summed E-state index contributed by atoms with van der Waals surface area (Å²) in [6, 6.07) is 14.5. The highest BCUT2D eigenvalue weighted by molar-refractivity contribution is 7.91. The molecule has 254 valence electrons. The van der Waals surface area contributed by atoms with Crippen molar-refractivity contribution < 1.29 is 40.8 Å². The number of amides is 1. The van der Waals surface area contributed by atoms with Gasteiger partial charge in [0.15, 0.2) is 0 Å². The first kappa shape index (κ1) is 34.1. The molecule has 0 bridgehead atoms. The molecule has 2 N–H and O–H groups in total. The Balaban J connectivity index is 1.32. The quantitative estimate of drug-likeness (QED) is 0.109. The molecule has 1 saturated heterocycles. The second kappa shape index (κ2) is 12.9. The second-order valence-corrected chi connectivity index (χ2v) is 15.1. The van der Waals surface area contributed by atoms with Crippen molar-refractivity contribution in [1.29, 1.82) is 0 Å². The number of anilines is 1. The van der Waals surface area contributed by atoms with Crippen molar-refractivity contribution in [3.63, 3.8) is 0 Å². The SMILES string of the molecule is CNC(=O)c1c(-c2ccc(F)cc2)oc2cc(NS(=O)(=O)Cc3ccc(B4OC(C)(C)C(C)(C)O4)c(COCOC)c3)c(C3CC3)cc12. The lowest BCUT2D eigenvalue weighted by Crippen LogP contribution is -2.41. The van der Waals surface area contributed by atoms with Crippen LogP contribution < -0.4 is 15.5 Å². The summed E-state index contributed by atoms with van der Waals surface area (Å²) in [6.07, 6.45) is 1.78. The zero-order valence-corrected chi connectivity index (χ0v) is 28.8. The number of hydrogen-bond donors (Lipinski definition) is 2. The first-order chi connectivity index (χ1) is 22.7. The van der Waals surface area contributed by atoms with Gasteiger partial charge in [-0.25, -0.2) is 12.8 Å². The van der Waals surface area contributed by atoms with Crippen molar-refractivity contribution in [1.82, 2.24) is 5.32 Å². The van der Waals surface area contributed by atoms with Crippen molar-refractivity contribution in [2.75, 3.05) is 25.7 Å². The van der Waals surface area contributed by atoms with Gasteiger partial charge in [-0.15, -0.1) is 0 Å². The Morgan fingerprint density at radius 1 is 1.02 bits per heavy atom. The van der Waals surface area contributed by atoms with Gasteiger partial charge < -0.3 is 28.5 Å². The van der Waals surface area contributed by atoms with Crippen molar-refractivity contribution in [2.45, 2.75) is 70.0 Å². The van der Waals surface area contributed by atoms with Gasteiger partial charge in [-0.3, -0.25) is 9.52 Å². The van der Waals surface area contributed by atoms with Crippen molar-refractivity contribution in [3.05, 3.63) is 82.7 Å². The van der Waals surface area contributed by atoms with Crippen LogP contribution in [-0.4, -0.2) is 53.6 Å². The largest absolute Gasteiger partial charge is 0.495 e. The van der Waals surface area contributed by atoms with E-state index in [9.17, 15) is 17.6 Å². The molecule has 48 heavy (non-hydrogen) atoms. The van der Waals surface area contributed by atoms with E-state index >= 15 is 0 Å². The fourth-order valence-electron chi connectivity index (χ4n) is 5.87. The molecule has 1 aliphatic carbocycles. The number of rotatable bonds is 12. The number of methoxy groups -OCH3 is 1. The summed E-state index contributed by atoms with van der Waals surface area (Å²) >= 11 is 0. The first-order valence-corrected chi connectivity index (χ1v) is 17.5. The second-order valence-electron chi connectivity index (χ2n) is 13.3. The number of nitrogens with one attached hydrogen (secondary N) is 2. The Hall–Kier alpha value is -3.75. The van der Waals surface area contributed by atoms with Gasteiger partial charge in [0.2, 0.25) is 10.0 Å². The lowest BCUT2D eigenvalue weighted by atomic mass is 9.75. The molecule has 1 amide bonds.